The van der Waals surface area contributed by atoms with Crippen LogP contribution in [0.25, 0.3) is 0 Å². The second-order valence-electron chi connectivity index (χ2n) is 4.12. The monoisotopic (exact) mass is 276 g/mol. The average molecular weight is 277 g/mol. The van der Waals surface area contributed by atoms with Crippen LogP contribution in [0.4, 0.5) is 11.4 Å². The van der Waals surface area contributed by atoms with Crippen molar-refractivity contribution in [1.82, 2.24) is 0 Å². The second kappa shape index (κ2) is 5.20. The van der Waals surface area contributed by atoms with Gasteiger partial charge in [-0.2, -0.15) is 0 Å². The summed E-state index contributed by atoms with van der Waals surface area (Å²) in [7, 11) is 1.65. The zero-order valence-electron chi connectivity index (χ0n) is 10.3. The minimum atomic E-state index is -0.200. The normalized spacial score (nSPS) is 10.2. The second-order valence-corrected chi connectivity index (χ2v) is 4.52. The van der Waals surface area contributed by atoms with E-state index in [1.54, 1.807) is 37.4 Å². The highest BCUT2D eigenvalue weighted by Crippen LogP contribution is 2.23. The number of nitrogens with zero attached hydrogens (tertiary/aromatic N) is 1. The number of benzene rings is 2. The third kappa shape index (κ3) is 2.80. The van der Waals surface area contributed by atoms with E-state index >= 15 is 0 Å². The van der Waals surface area contributed by atoms with E-state index in [1.165, 1.54) is 17.0 Å². The number of phenolic OH excluding ortho intramolecular Hbond substituents is 1. The van der Waals surface area contributed by atoms with Crippen molar-refractivity contribution in [2.24, 2.45) is 0 Å². The Morgan fingerprint density at radius 2 is 1.84 bits per heavy atom. The van der Waals surface area contributed by atoms with Gasteiger partial charge in [-0.1, -0.05) is 11.6 Å². The molecule has 0 aliphatic heterocycles. The Kier molecular flexibility index (Phi) is 3.62. The molecule has 0 saturated carbocycles. The number of hydrogen-bond donors (Lipinski definition) is 2. The van der Waals surface area contributed by atoms with E-state index in [0.717, 1.165) is 0 Å². The smallest absolute Gasteiger partial charge is 0.258 e. The predicted octanol–water partition coefficient (Wildman–Crippen LogP) is 2.90. The molecule has 2 aromatic rings. The number of carbonyl (C=O) groups is 1. The van der Waals surface area contributed by atoms with Crippen LogP contribution in [0.15, 0.2) is 42.5 Å². The molecule has 0 atom stereocenters. The van der Waals surface area contributed by atoms with Crippen molar-refractivity contribution < 1.29 is 9.90 Å². The van der Waals surface area contributed by atoms with Gasteiger partial charge in [-0.05, 0) is 42.5 Å². The first-order valence-corrected chi connectivity index (χ1v) is 5.99. The number of rotatable bonds is 2. The van der Waals surface area contributed by atoms with Gasteiger partial charge in [0.25, 0.3) is 5.91 Å². The molecule has 1 amide bonds. The number of carbonyl (C=O) groups excluding carboxylic acids is 1. The Morgan fingerprint density at radius 3 is 2.42 bits per heavy atom. The molecule has 0 aliphatic rings. The van der Waals surface area contributed by atoms with Crippen LogP contribution in [0, 0.1) is 0 Å². The highest BCUT2D eigenvalue weighted by Gasteiger charge is 2.14. The molecule has 0 saturated heterocycles. The Labute approximate surface area is 116 Å². The van der Waals surface area contributed by atoms with Gasteiger partial charge in [0.1, 0.15) is 5.75 Å². The first-order chi connectivity index (χ1) is 8.99. The van der Waals surface area contributed by atoms with Crippen LogP contribution >= 0.6 is 11.6 Å². The maximum atomic E-state index is 12.3. The van der Waals surface area contributed by atoms with Crippen LogP contribution in [-0.4, -0.2) is 18.1 Å². The summed E-state index contributed by atoms with van der Waals surface area (Å²) in [6.45, 7) is 0. The van der Waals surface area contributed by atoms with Gasteiger partial charge in [0.15, 0.2) is 0 Å². The quantitative estimate of drug-likeness (QED) is 0.829. The molecule has 2 rings (SSSR count). The van der Waals surface area contributed by atoms with E-state index < -0.39 is 0 Å². The third-order valence-corrected chi connectivity index (χ3v) is 3.13. The van der Waals surface area contributed by atoms with Crippen molar-refractivity contribution in [3.63, 3.8) is 0 Å². The summed E-state index contributed by atoms with van der Waals surface area (Å²) in [5, 5.41) is 9.65. The molecule has 0 bridgehead atoms. The van der Waals surface area contributed by atoms with E-state index in [-0.39, 0.29) is 11.7 Å². The van der Waals surface area contributed by atoms with E-state index in [9.17, 15) is 9.90 Å². The van der Waals surface area contributed by atoms with Gasteiger partial charge in [-0.3, -0.25) is 4.79 Å². The Balaban J connectivity index is 2.28. The summed E-state index contributed by atoms with van der Waals surface area (Å²) in [6.07, 6.45) is 0. The number of anilines is 2. The first-order valence-electron chi connectivity index (χ1n) is 5.61. The molecular weight excluding hydrogens is 264 g/mol. The molecule has 3 N–H and O–H groups in total. The molecule has 5 heteroatoms. The number of hydrogen-bond acceptors (Lipinski definition) is 3. The highest BCUT2D eigenvalue weighted by atomic mass is 35.5. The van der Waals surface area contributed by atoms with Crippen molar-refractivity contribution in [2.75, 3.05) is 17.7 Å². The van der Waals surface area contributed by atoms with Gasteiger partial charge >= 0.3 is 0 Å². The van der Waals surface area contributed by atoms with Crippen LogP contribution in [0.1, 0.15) is 10.4 Å². The Bertz CT molecular complexity index is 611. The highest BCUT2D eigenvalue weighted by molar-refractivity contribution is 6.33. The van der Waals surface area contributed by atoms with Crippen LogP contribution in [-0.2, 0) is 0 Å². The Hall–Kier alpha value is -2.20. The minimum absolute atomic E-state index is 0.153. The predicted molar refractivity (Wildman–Crippen MR) is 76.7 cm³/mol. The van der Waals surface area contributed by atoms with Crippen LogP contribution in [0.5, 0.6) is 5.75 Å². The van der Waals surface area contributed by atoms with Crippen LogP contribution in [0.2, 0.25) is 5.02 Å². The zero-order valence-corrected chi connectivity index (χ0v) is 11.1. The SMILES string of the molecule is CN(C(=O)c1ccc(Cl)c(N)c1)c1ccc(O)cc1. The Morgan fingerprint density at radius 1 is 1.21 bits per heavy atom. The maximum Gasteiger partial charge on any atom is 0.258 e. The molecule has 0 radical (unpaired) electrons. The van der Waals surface area contributed by atoms with Crippen LogP contribution < -0.4 is 10.6 Å². The molecule has 19 heavy (non-hydrogen) atoms. The number of aromatic hydroxyl groups is 1. The fourth-order valence-corrected chi connectivity index (χ4v) is 1.78. The lowest BCUT2D eigenvalue weighted by atomic mass is 10.1. The van der Waals surface area contributed by atoms with Gasteiger partial charge in [-0.15, -0.1) is 0 Å². The molecular formula is C14H13ClN2O2. The van der Waals surface area contributed by atoms with Crippen molar-refractivity contribution in [2.45, 2.75) is 0 Å². The lowest BCUT2D eigenvalue weighted by Crippen LogP contribution is -2.26. The number of amides is 1. The van der Waals surface area contributed by atoms with Crippen molar-refractivity contribution in [1.29, 1.82) is 0 Å². The molecule has 0 aromatic heterocycles. The van der Waals surface area contributed by atoms with Crippen molar-refractivity contribution >= 4 is 28.9 Å². The van der Waals surface area contributed by atoms with Gasteiger partial charge in [0.05, 0.1) is 10.7 Å². The summed E-state index contributed by atoms with van der Waals surface area (Å²) < 4.78 is 0. The maximum absolute atomic E-state index is 12.3. The van der Waals surface area contributed by atoms with Crippen molar-refractivity contribution in [3.05, 3.63) is 53.1 Å². The first kappa shape index (κ1) is 13.2. The summed E-state index contributed by atoms with van der Waals surface area (Å²) in [6, 6.07) is 11.1. The fourth-order valence-electron chi connectivity index (χ4n) is 1.66. The fraction of sp³-hybridized carbons (Fsp3) is 0.0714. The van der Waals surface area contributed by atoms with E-state index in [2.05, 4.69) is 0 Å². The minimum Gasteiger partial charge on any atom is -0.508 e. The van der Waals surface area contributed by atoms with E-state index in [4.69, 9.17) is 17.3 Å². The number of halogens is 1. The van der Waals surface area contributed by atoms with Gasteiger partial charge in [-0.25, -0.2) is 0 Å². The summed E-state index contributed by atoms with van der Waals surface area (Å²) in [5.74, 6) is -0.0469. The van der Waals surface area contributed by atoms with E-state index in [0.29, 0.717) is 22.0 Å². The molecule has 0 unspecified atom stereocenters. The molecule has 4 nitrogen and oxygen atoms in total. The van der Waals surface area contributed by atoms with Gasteiger partial charge in [0.2, 0.25) is 0 Å². The van der Waals surface area contributed by atoms with E-state index in [1.807, 2.05) is 0 Å². The molecule has 0 heterocycles. The molecule has 98 valence electrons. The largest absolute Gasteiger partial charge is 0.508 e. The summed E-state index contributed by atoms with van der Waals surface area (Å²) in [5.41, 5.74) is 7.18. The summed E-state index contributed by atoms with van der Waals surface area (Å²) >= 11 is 5.82. The molecule has 2 aromatic carbocycles. The average Bonchev–Trinajstić information content (AvgIpc) is 2.41. The van der Waals surface area contributed by atoms with Crippen LogP contribution in [0.3, 0.4) is 0 Å². The van der Waals surface area contributed by atoms with Crippen molar-refractivity contribution in [3.8, 4) is 5.75 Å². The molecule has 0 fully saturated rings. The number of phenols is 1. The molecule has 0 spiro atoms. The standard InChI is InChI=1S/C14H13ClN2O2/c1-17(10-3-5-11(18)6-4-10)14(19)9-2-7-12(15)13(16)8-9/h2-8,18H,16H2,1H3. The lowest BCUT2D eigenvalue weighted by Gasteiger charge is -2.17. The number of nitrogens with two attached hydrogens (primary N) is 1. The lowest BCUT2D eigenvalue weighted by molar-refractivity contribution is 0.0993. The number of nitrogen functional groups attached to an aromatic ring is 1. The summed E-state index contributed by atoms with van der Waals surface area (Å²) in [4.78, 5) is 13.7. The van der Waals surface area contributed by atoms with Gasteiger partial charge < -0.3 is 15.7 Å². The van der Waals surface area contributed by atoms with Gasteiger partial charge in [0, 0.05) is 18.3 Å². The third-order valence-electron chi connectivity index (χ3n) is 2.78. The zero-order chi connectivity index (χ0) is 14.0. The topological polar surface area (TPSA) is 66.6 Å². The molecule has 0 aliphatic carbocycles.